The maximum absolute atomic E-state index is 12.1. The number of carbonyl (C=O) groups is 2. The molecule has 0 unspecified atom stereocenters. The van der Waals surface area contributed by atoms with Crippen LogP contribution < -0.4 is 10.6 Å². The van der Waals surface area contributed by atoms with Gasteiger partial charge in [0, 0.05) is 16.3 Å². The maximum atomic E-state index is 12.1. The molecule has 2 amide bonds. The number of carbonyl (C=O) groups excluding carboxylic acids is 2. The maximum Gasteiger partial charge on any atom is 0.274 e. The number of halogens is 1. The number of rotatable bonds is 3. The minimum Gasteiger partial charge on any atom is -0.354 e. The fourth-order valence-corrected chi connectivity index (χ4v) is 1.90. The highest BCUT2D eigenvalue weighted by molar-refractivity contribution is 14.1. The quantitative estimate of drug-likeness (QED) is 0.802. The van der Waals surface area contributed by atoms with Gasteiger partial charge >= 0.3 is 0 Å². The van der Waals surface area contributed by atoms with Crippen LogP contribution >= 0.6 is 22.6 Å². The first-order chi connectivity index (χ1) is 9.60. The molecular weight excluding hydrogens is 369 g/mol. The van der Waals surface area contributed by atoms with Crippen LogP contribution in [0.4, 0.5) is 5.69 Å². The zero-order valence-corrected chi connectivity index (χ0v) is 12.8. The van der Waals surface area contributed by atoms with Crippen molar-refractivity contribution in [1.29, 1.82) is 0 Å². The molecule has 2 rings (SSSR count). The average Bonchev–Trinajstić information content (AvgIpc) is 2.49. The van der Waals surface area contributed by atoms with Gasteiger partial charge in [-0.3, -0.25) is 9.59 Å². The van der Waals surface area contributed by atoms with Gasteiger partial charge in [0.2, 0.25) is 0 Å². The van der Waals surface area contributed by atoms with Gasteiger partial charge < -0.3 is 10.6 Å². The second kappa shape index (κ2) is 6.47. The number of hydrogen-bond donors (Lipinski definition) is 2. The van der Waals surface area contributed by atoms with Crippen molar-refractivity contribution in [3.8, 4) is 0 Å². The Labute approximate surface area is 129 Å². The van der Waals surface area contributed by atoms with Crippen LogP contribution in [0.3, 0.4) is 0 Å². The fourth-order valence-electron chi connectivity index (χ4n) is 1.54. The Morgan fingerprint density at radius 3 is 2.20 bits per heavy atom. The van der Waals surface area contributed by atoms with Gasteiger partial charge in [-0.2, -0.15) is 0 Å². The molecule has 0 aliphatic rings. The van der Waals surface area contributed by atoms with Crippen molar-refractivity contribution in [3.63, 3.8) is 0 Å². The second-order valence-corrected chi connectivity index (χ2v) is 5.19. The molecule has 1 heterocycles. The third-order valence-electron chi connectivity index (χ3n) is 2.54. The molecule has 6 heteroatoms. The summed E-state index contributed by atoms with van der Waals surface area (Å²) in [4.78, 5) is 27.6. The van der Waals surface area contributed by atoms with Crippen LogP contribution in [-0.4, -0.2) is 23.8 Å². The molecule has 0 saturated heterocycles. The van der Waals surface area contributed by atoms with E-state index in [0.29, 0.717) is 5.69 Å². The van der Waals surface area contributed by atoms with Crippen molar-refractivity contribution in [2.75, 3.05) is 12.4 Å². The highest BCUT2D eigenvalue weighted by Crippen LogP contribution is 2.12. The van der Waals surface area contributed by atoms with Crippen molar-refractivity contribution in [2.45, 2.75) is 0 Å². The summed E-state index contributed by atoms with van der Waals surface area (Å²) in [6.45, 7) is 0. The topological polar surface area (TPSA) is 71.1 Å². The Morgan fingerprint density at radius 2 is 1.60 bits per heavy atom. The van der Waals surface area contributed by atoms with Crippen LogP contribution in [0.2, 0.25) is 0 Å². The Balaban J connectivity index is 2.17. The number of nitrogens with one attached hydrogen (secondary N) is 2. The predicted octanol–water partition coefficient (Wildman–Crippen LogP) is 2.30. The number of aromatic nitrogens is 1. The lowest BCUT2D eigenvalue weighted by atomic mass is 10.2. The molecule has 0 spiro atoms. The molecule has 0 bridgehead atoms. The van der Waals surface area contributed by atoms with Crippen LogP contribution in [-0.2, 0) is 0 Å². The van der Waals surface area contributed by atoms with Crippen LogP contribution in [0, 0.1) is 3.57 Å². The Kier molecular flexibility index (Phi) is 4.67. The Morgan fingerprint density at radius 1 is 1.00 bits per heavy atom. The van der Waals surface area contributed by atoms with E-state index in [1.165, 1.54) is 7.05 Å². The lowest BCUT2D eigenvalue weighted by Gasteiger charge is -2.06. The lowest BCUT2D eigenvalue weighted by Crippen LogP contribution is -2.21. The van der Waals surface area contributed by atoms with Crippen LogP contribution in [0.15, 0.2) is 42.5 Å². The van der Waals surface area contributed by atoms with Gasteiger partial charge in [-0.1, -0.05) is 6.07 Å². The number of hydrogen-bond acceptors (Lipinski definition) is 3. The number of anilines is 1. The van der Waals surface area contributed by atoms with E-state index < -0.39 is 0 Å². The van der Waals surface area contributed by atoms with Gasteiger partial charge in [-0.25, -0.2) is 4.98 Å². The van der Waals surface area contributed by atoms with Crippen molar-refractivity contribution < 1.29 is 9.59 Å². The normalized spacial score (nSPS) is 9.90. The smallest absolute Gasteiger partial charge is 0.274 e. The fraction of sp³-hybridized carbons (Fsp3) is 0.0714. The highest BCUT2D eigenvalue weighted by Gasteiger charge is 2.11. The number of pyridine rings is 1. The summed E-state index contributed by atoms with van der Waals surface area (Å²) in [5.74, 6) is -0.675. The molecule has 0 aliphatic carbocycles. The molecule has 1 aromatic carbocycles. The standard InChI is InChI=1S/C14H12IN3O2/c1-16-13(19)11-3-2-4-12(18-11)14(20)17-10-7-5-9(15)6-8-10/h2-8H,1H3,(H,16,19)(H,17,20). The molecule has 102 valence electrons. The minimum atomic E-state index is -0.350. The van der Waals surface area contributed by atoms with E-state index in [1.807, 2.05) is 24.3 Å². The molecule has 0 atom stereocenters. The van der Waals surface area contributed by atoms with E-state index in [9.17, 15) is 9.59 Å². The minimum absolute atomic E-state index is 0.199. The molecule has 2 N–H and O–H groups in total. The van der Waals surface area contributed by atoms with E-state index in [1.54, 1.807) is 18.2 Å². The third-order valence-corrected chi connectivity index (χ3v) is 3.26. The lowest BCUT2D eigenvalue weighted by molar-refractivity contribution is 0.0958. The zero-order valence-electron chi connectivity index (χ0n) is 10.7. The molecule has 1 aromatic heterocycles. The van der Waals surface area contributed by atoms with Gasteiger partial charge in [-0.05, 0) is 59.0 Å². The Hall–Kier alpha value is -1.96. The Bertz CT molecular complexity index is 641. The van der Waals surface area contributed by atoms with Crippen LogP contribution in [0.25, 0.3) is 0 Å². The van der Waals surface area contributed by atoms with Crippen LogP contribution in [0.1, 0.15) is 21.0 Å². The third kappa shape index (κ3) is 3.53. The van der Waals surface area contributed by atoms with E-state index in [2.05, 4.69) is 38.2 Å². The monoisotopic (exact) mass is 381 g/mol. The first-order valence-corrected chi connectivity index (χ1v) is 6.94. The van der Waals surface area contributed by atoms with Crippen molar-refractivity contribution >= 4 is 40.1 Å². The zero-order chi connectivity index (χ0) is 14.5. The highest BCUT2D eigenvalue weighted by atomic mass is 127. The van der Waals surface area contributed by atoms with E-state index in [0.717, 1.165) is 3.57 Å². The summed E-state index contributed by atoms with van der Waals surface area (Å²) < 4.78 is 1.08. The molecular formula is C14H12IN3O2. The van der Waals surface area contributed by atoms with E-state index in [-0.39, 0.29) is 23.2 Å². The number of benzene rings is 1. The summed E-state index contributed by atoms with van der Waals surface area (Å²) in [6, 6.07) is 12.1. The SMILES string of the molecule is CNC(=O)c1cccc(C(=O)Nc2ccc(I)cc2)n1. The first kappa shape index (κ1) is 14.4. The second-order valence-electron chi connectivity index (χ2n) is 3.95. The number of nitrogens with zero attached hydrogens (tertiary/aromatic N) is 1. The van der Waals surface area contributed by atoms with Crippen LogP contribution in [0.5, 0.6) is 0 Å². The van der Waals surface area contributed by atoms with Gasteiger partial charge in [0.15, 0.2) is 0 Å². The summed E-state index contributed by atoms with van der Waals surface area (Å²) in [5, 5.41) is 5.20. The molecule has 0 radical (unpaired) electrons. The predicted molar refractivity (Wildman–Crippen MR) is 84.7 cm³/mol. The van der Waals surface area contributed by atoms with Gasteiger partial charge in [0.1, 0.15) is 11.4 Å². The summed E-state index contributed by atoms with van der Waals surface area (Å²) >= 11 is 2.19. The first-order valence-electron chi connectivity index (χ1n) is 5.86. The largest absolute Gasteiger partial charge is 0.354 e. The summed E-state index contributed by atoms with van der Waals surface area (Å²) in [5.41, 5.74) is 1.09. The van der Waals surface area contributed by atoms with Gasteiger partial charge in [-0.15, -0.1) is 0 Å². The van der Waals surface area contributed by atoms with Crippen molar-refractivity contribution in [1.82, 2.24) is 10.3 Å². The van der Waals surface area contributed by atoms with Gasteiger partial charge in [0.25, 0.3) is 11.8 Å². The molecule has 20 heavy (non-hydrogen) atoms. The molecule has 0 aliphatic heterocycles. The van der Waals surface area contributed by atoms with E-state index in [4.69, 9.17) is 0 Å². The van der Waals surface area contributed by atoms with Gasteiger partial charge in [0.05, 0.1) is 0 Å². The van der Waals surface area contributed by atoms with Crippen molar-refractivity contribution in [3.05, 3.63) is 57.4 Å². The number of amides is 2. The molecule has 2 aromatic rings. The molecule has 0 saturated carbocycles. The average molecular weight is 381 g/mol. The van der Waals surface area contributed by atoms with Crippen molar-refractivity contribution in [2.24, 2.45) is 0 Å². The summed E-state index contributed by atoms with van der Waals surface area (Å²) in [7, 11) is 1.52. The summed E-state index contributed by atoms with van der Waals surface area (Å²) in [6.07, 6.45) is 0. The molecule has 5 nitrogen and oxygen atoms in total. The van der Waals surface area contributed by atoms with E-state index >= 15 is 0 Å². The molecule has 0 fully saturated rings.